The summed E-state index contributed by atoms with van der Waals surface area (Å²) in [6.45, 7) is 0. The molecule has 1 aromatic carbocycles. The van der Waals surface area contributed by atoms with E-state index in [-0.39, 0.29) is 24.0 Å². The van der Waals surface area contributed by atoms with Crippen molar-refractivity contribution in [3.8, 4) is 0 Å². The largest absolute Gasteiger partial charge is 1.00 e. The highest BCUT2D eigenvalue weighted by molar-refractivity contribution is 8.13. The lowest BCUT2D eigenvalue weighted by molar-refractivity contribution is -0.455. The van der Waals surface area contributed by atoms with Gasteiger partial charge in [-0.25, -0.2) is 0 Å². The van der Waals surface area contributed by atoms with E-state index in [1.807, 2.05) is 48.7 Å². The van der Waals surface area contributed by atoms with Crippen LogP contribution in [0, 0.1) is 0 Å². The van der Waals surface area contributed by atoms with E-state index in [2.05, 4.69) is 10.2 Å². The van der Waals surface area contributed by atoms with Crippen LogP contribution < -0.4 is 34.8 Å². The third-order valence-corrected chi connectivity index (χ3v) is 2.15. The molecular formula is C11H14IN3S. The normalized spacial score (nSPS) is 11.9. The van der Waals surface area contributed by atoms with E-state index in [9.17, 15) is 0 Å². The fourth-order valence-electron chi connectivity index (χ4n) is 0.913. The van der Waals surface area contributed by atoms with Crippen molar-refractivity contribution in [1.29, 1.82) is 0 Å². The molecule has 1 aromatic rings. The van der Waals surface area contributed by atoms with Crippen LogP contribution in [0.15, 0.2) is 41.5 Å². The second kappa shape index (κ2) is 9.41. The molecule has 0 saturated heterocycles. The maximum Gasteiger partial charge on any atom is 0.225 e. The molecule has 0 aliphatic heterocycles. The molecular weight excluding hydrogens is 333 g/mol. The number of thioether (sulfide) groups is 1. The predicted octanol–water partition coefficient (Wildman–Crippen LogP) is -2.55. The first-order valence-corrected chi connectivity index (χ1v) is 5.73. The molecule has 0 bridgehead atoms. The van der Waals surface area contributed by atoms with Gasteiger partial charge >= 0.3 is 0 Å². The Bertz CT molecular complexity index is 374. The summed E-state index contributed by atoms with van der Waals surface area (Å²) < 4.78 is 0. The Morgan fingerprint density at radius 2 is 2.06 bits per heavy atom. The van der Waals surface area contributed by atoms with Crippen LogP contribution in [-0.4, -0.2) is 17.6 Å². The second-order valence-electron chi connectivity index (χ2n) is 2.72. The van der Waals surface area contributed by atoms with Crippen LogP contribution >= 0.6 is 11.8 Å². The molecule has 0 unspecified atom stereocenters. The zero-order valence-corrected chi connectivity index (χ0v) is 11.9. The first-order chi connectivity index (χ1) is 7.33. The van der Waals surface area contributed by atoms with Crippen molar-refractivity contribution in [1.82, 2.24) is 0 Å². The lowest BCUT2D eigenvalue weighted by Crippen LogP contribution is -3.00. The minimum absolute atomic E-state index is 0. The molecule has 0 atom stereocenters. The number of rotatable bonds is 3. The van der Waals surface area contributed by atoms with E-state index in [1.54, 1.807) is 6.21 Å². The van der Waals surface area contributed by atoms with Gasteiger partial charge in [-0.1, -0.05) is 42.1 Å². The van der Waals surface area contributed by atoms with Crippen LogP contribution in [0.5, 0.6) is 0 Å². The quantitative estimate of drug-likeness (QED) is 0.274. The van der Waals surface area contributed by atoms with Crippen LogP contribution in [0.2, 0.25) is 0 Å². The Morgan fingerprint density at radius 3 is 2.69 bits per heavy atom. The van der Waals surface area contributed by atoms with Gasteiger partial charge in [-0.3, -0.25) is 0 Å². The van der Waals surface area contributed by atoms with E-state index < -0.39 is 0 Å². The fraction of sp³-hybridized carbons (Fsp3) is 0.0909. The molecule has 3 nitrogen and oxygen atoms in total. The third-order valence-electron chi connectivity index (χ3n) is 1.64. The number of hydrogen-bond donors (Lipinski definition) is 2. The van der Waals surface area contributed by atoms with Gasteiger partial charge < -0.3 is 29.7 Å². The van der Waals surface area contributed by atoms with Gasteiger partial charge in [-0.15, -0.1) is 5.10 Å². The number of amidine groups is 1. The zero-order valence-electron chi connectivity index (χ0n) is 8.93. The van der Waals surface area contributed by atoms with Crippen molar-refractivity contribution in [2.45, 2.75) is 0 Å². The van der Waals surface area contributed by atoms with E-state index in [1.165, 1.54) is 11.8 Å². The van der Waals surface area contributed by atoms with Crippen LogP contribution in [-0.2, 0) is 0 Å². The minimum atomic E-state index is 0. The highest BCUT2D eigenvalue weighted by atomic mass is 127. The van der Waals surface area contributed by atoms with E-state index >= 15 is 0 Å². The molecule has 0 aromatic heterocycles. The van der Waals surface area contributed by atoms with Crippen molar-refractivity contribution in [3.05, 3.63) is 42.0 Å². The Labute approximate surface area is 117 Å². The average molecular weight is 347 g/mol. The number of allylic oxidation sites excluding steroid dienone is 1. The van der Waals surface area contributed by atoms with Crippen LogP contribution in [0.25, 0.3) is 6.08 Å². The van der Waals surface area contributed by atoms with Gasteiger partial charge in [0, 0.05) is 11.2 Å². The van der Waals surface area contributed by atoms with Gasteiger partial charge in [0.15, 0.2) is 6.21 Å². The summed E-state index contributed by atoms with van der Waals surface area (Å²) in [6, 6.07) is 10.0. The molecule has 0 aliphatic carbocycles. The van der Waals surface area contributed by atoms with E-state index in [0.29, 0.717) is 5.17 Å². The highest BCUT2D eigenvalue weighted by Gasteiger charge is 1.86. The first kappa shape index (κ1) is 15.2. The standard InChI is InChI=1S/C11H13N3S.HI/c1-15-11(12)14-13-9-5-8-10-6-3-2-4-7-10;/h2-9H,1H3,(H2,12,14);1H/b8-5+,13-9-;. The number of halogens is 1. The predicted molar refractivity (Wildman–Crippen MR) is 67.6 cm³/mol. The smallest absolute Gasteiger partial charge is 0.225 e. The van der Waals surface area contributed by atoms with Gasteiger partial charge in [-0.05, 0) is 17.9 Å². The van der Waals surface area contributed by atoms with Crippen molar-refractivity contribution in [2.24, 2.45) is 10.8 Å². The highest BCUT2D eigenvalue weighted by Crippen LogP contribution is 1.99. The third kappa shape index (κ3) is 6.62. The van der Waals surface area contributed by atoms with Gasteiger partial charge in [0.2, 0.25) is 5.17 Å². The maximum absolute atomic E-state index is 5.47. The number of hydrogen-bond acceptors (Lipinski definition) is 2. The molecule has 0 fully saturated rings. The zero-order chi connectivity index (χ0) is 10.9. The molecule has 16 heavy (non-hydrogen) atoms. The summed E-state index contributed by atoms with van der Waals surface area (Å²) in [7, 11) is 0. The topological polar surface area (TPSA) is 52.3 Å². The summed E-state index contributed by atoms with van der Waals surface area (Å²) in [5.74, 6) is 0. The van der Waals surface area contributed by atoms with Crippen molar-refractivity contribution in [2.75, 3.05) is 6.26 Å². The van der Waals surface area contributed by atoms with Gasteiger partial charge in [0.25, 0.3) is 0 Å². The molecule has 0 aliphatic rings. The Morgan fingerprint density at radius 1 is 1.38 bits per heavy atom. The van der Waals surface area contributed by atoms with Gasteiger partial charge in [-0.2, -0.15) is 0 Å². The Hall–Kier alpha value is -0.820. The number of nitrogens with zero attached hydrogens (tertiary/aromatic N) is 1. The second-order valence-corrected chi connectivity index (χ2v) is 3.55. The molecule has 0 amide bonds. The number of hydrazone groups is 1. The van der Waals surface area contributed by atoms with E-state index in [0.717, 1.165) is 5.56 Å². The molecule has 0 spiro atoms. The summed E-state index contributed by atoms with van der Waals surface area (Å²) in [5, 5.41) is 7.12. The monoisotopic (exact) mass is 347 g/mol. The fourth-order valence-corrected chi connectivity index (χ4v) is 1.06. The van der Waals surface area contributed by atoms with Crippen LogP contribution in [0.1, 0.15) is 5.56 Å². The lowest BCUT2D eigenvalue weighted by atomic mass is 10.2. The Balaban J connectivity index is 0.00000225. The number of nitrogens with one attached hydrogen (secondary N) is 1. The lowest BCUT2D eigenvalue weighted by Gasteiger charge is -1.87. The molecule has 5 heteroatoms. The molecule has 0 radical (unpaired) electrons. The molecule has 0 saturated carbocycles. The van der Waals surface area contributed by atoms with Crippen molar-refractivity contribution in [3.63, 3.8) is 0 Å². The molecule has 86 valence electrons. The SMILES string of the molecule is CS\C(N)=N/[NH+]=C\C=C\c1ccccc1.[I-]. The Kier molecular flexibility index (Phi) is 8.93. The van der Waals surface area contributed by atoms with Crippen molar-refractivity contribution >= 4 is 29.2 Å². The van der Waals surface area contributed by atoms with Crippen LogP contribution in [0.3, 0.4) is 0 Å². The van der Waals surface area contributed by atoms with E-state index in [4.69, 9.17) is 5.73 Å². The first-order valence-electron chi connectivity index (χ1n) is 4.50. The molecule has 0 heterocycles. The number of benzene rings is 1. The summed E-state index contributed by atoms with van der Waals surface area (Å²) in [5.41, 5.74) is 6.62. The maximum atomic E-state index is 5.47. The average Bonchev–Trinajstić information content (AvgIpc) is 2.29. The van der Waals surface area contributed by atoms with Crippen molar-refractivity contribution < 1.29 is 29.1 Å². The summed E-state index contributed by atoms with van der Waals surface area (Å²) in [4.78, 5) is 0. The van der Waals surface area contributed by atoms with Crippen LogP contribution in [0.4, 0.5) is 0 Å². The van der Waals surface area contributed by atoms with Gasteiger partial charge in [0.05, 0.1) is 0 Å². The number of nitrogens with two attached hydrogens (primary N) is 1. The van der Waals surface area contributed by atoms with Gasteiger partial charge in [0.1, 0.15) is 0 Å². The summed E-state index contributed by atoms with van der Waals surface area (Å²) >= 11 is 1.40. The minimum Gasteiger partial charge on any atom is -1.00 e. The summed E-state index contributed by atoms with van der Waals surface area (Å²) in [6.07, 6.45) is 7.47. The molecule has 1 rings (SSSR count). The molecule has 3 N–H and O–H groups in total.